The zero-order valence-corrected chi connectivity index (χ0v) is 13.6. The van der Waals surface area contributed by atoms with Crippen molar-refractivity contribution < 1.29 is 0 Å². The molecule has 1 aliphatic rings. The van der Waals surface area contributed by atoms with Crippen molar-refractivity contribution in [3.8, 4) is 0 Å². The van der Waals surface area contributed by atoms with Gasteiger partial charge in [-0.2, -0.15) is 4.37 Å². The van der Waals surface area contributed by atoms with Gasteiger partial charge in [-0.25, -0.2) is 4.98 Å². The van der Waals surface area contributed by atoms with Crippen LogP contribution in [0.5, 0.6) is 0 Å². The Morgan fingerprint density at radius 3 is 2.74 bits per heavy atom. The van der Waals surface area contributed by atoms with Crippen molar-refractivity contribution in [2.75, 3.05) is 38.1 Å². The van der Waals surface area contributed by atoms with Gasteiger partial charge in [0.25, 0.3) is 0 Å². The highest BCUT2D eigenvalue weighted by molar-refractivity contribution is 7.09. The molecule has 0 radical (unpaired) electrons. The molecule has 1 fully saturated rings. The fourth-order valence-corrected chi connectivity index (χ4v) is 3.27. The normalized spacial score (nSPS) is 20.5. The Morgan fingerprint density at radius 2 is 2.16 bits per heavy atom. The van der Waals surface area contributed by atoms with E-state index in [9.17, 15) is 0 Å². The number of hydrogen-bond acceptors (Lipinski definition) is 5. The predicted octanol–water partition coefficient (Wildman–Crippen LogP) is 2.61. The summed E-state index contributed by atoms with van der Waals surface area (Å²) >= 11 is 1.55. The van der Waals surface area contributed by atoms with Gasteiger partial charge in [-0.3, -0.25) is 0 Å². The molecule has 0 bridgehead atoms. The second kappa shape index (κ2) is 5.75. The largest absolute Gasteiger partial charge is 0.347 e. The molecule has 108 valence electrons. The van der Waals surface area contributed by atoms with E-state index in [1.807, 2.05) is 0 Å². The summed E-state index contributed by atoms with van der Waals surface area (Å²) in [5, 5.41) is 1.10. The molecule has 19 heavy (non-hydrogen) atoms. The molecule has 0 saturated carbocycles. The van der Waals surface area contributed by atoms with Gasteiger partial charge in [0.05, 0.1) is 0 Å². The second-order valence-corrected chi connectivity index (χ2v) is 7.34. The van der Waals surface area contributed by atoms with Crippen molar-refractivity contribution in [3.05, 3.63) is 5.82 Å². The summed E-state index contributed by atoms with van der Waals surface area (Å²) in [4.78, 5) is 9.52. The maximum atomic E-state index is 4.72. The number of aromatic nitrogens is 2. The van der Waals surface area contributed by atoms with Gasteiger partial charge in [0, 0.05) is 36.6 Å². The Morgan fingerprint density at radius 1 is 1.42 bits per heavy atom. The monoisotopic (exact) mass is 282 g/mol. The zero-order chi connectivity index (χ0) is 14.0. The third-order valence-electron chi connectivity index (χ3n) is 3.75. The average molecular weight is 282 g/mol. The van der Waals surface area contributed by atoms with Gasteiger partial charge in [-0.05, 0) is 25.9 Å². The van der Waals surface area contributed by atoms with Crippen LogP contribution in [0.2, 0.25) is 0 Å². The Balaban J connectivity index is 1.95. The standard InChI is InChI=1S/C14H26N4S/c1-6-17(5)9-11-7-8-18(10-11)13-15-12(16-19-13)14(2,3)4/h11H,6-10H2,1-5H3. The number of rotatable bonds is 4. The van der Waals surface area contributed by atoms with Crippen LogP contribution in [0, 0.1) is 5.92 Å². The van der Waals surface area contributed by atoms with Crippen molar-refractivity contribution in [1.82, 2.24) is 14.3 Å². The Hall–Kier alpha value is -0.680. The lowest BCUT2D eigenvalue weighted by Crippen LogP contribution is -2.28. The van der Waals surface area contributed by atoms with Crippen molar-refractivity contribution >= 4 is 16.7 Å². The van der Waals surface area contributed by atoms with E-state index >= 15 is 0 Å². The Kier molecular flexibility index (Phi) is 4.46. The van der Waals surface area contributed by atoms with Crippen molar-refractivity contribution in [2.45, 2.75) is 39.5 Å². The predicted molar refractivity (Wildman–Crippen MR) is 82.1 cm³/mol. The highest BCUT2D eigenvalue weighted by Crippen LogP contribution is 2.29. The van der Waals surface area contributed by atoms with Gasteiger partial charge in [-0.15, -0.1) is 0 Å². The van der Waals surface area contributed by atoms with Crippen LogP contribution >= 0.6 is 11.5 Å². The SMILES string of the molecule is CCN(C)CC1CCN(c2nc(C(C)(C)C)ns2)C1. The van der Waals surface area contributed by atoms with Gasteiger partial charge in [-0.1, -0.05) is 27.7 Å². The maximum absolute atomic E-state index is 4.72. The van der Waals surface area contributed by atoms with Gasteiger partial charge < -0.3 is 9.80 Å². The highest BCUT2D eigenvalue weighted by atomic mass is 32.1. The topological polar surface area (TPSA) is 32.3 Å². The fraction of sp³-hybridized carbons (Fsp3) is 0.857. The van der Waals surface area contributed by atoms with Crippen LogP contribution in [0.15, 0.2) is 0 Å². The van der Waals surface area contributed by atoms with Crippen LogP contribution in [0.3, 0.4) is 0 Å². The van der Waals surface area contributed by atoms with Gasteiger partial charge in [0.15, 0.2) is 0 Å². The molecule has 1 aliphatic heterocycles. The third-order valence-corrected chi connectivity index (χ3v) is 4.53. The van der Waals surface area contributed by atoms with Crippen LogP contribution in [0.4, 0.5) is 5.13 Å². The summed E-state index contributed by atoms with van der Waals surface area (Å²) in [6, 6.07) is 0. The van der Waals surface area contributed by atoms with Crippen molar-refractivity contribution in [3.63, 3.8) is 0 Å². The smallest absolute Gasteiger partial charge is 0.205 e. The summed E-state index contributed by atoms with van der Waals surface area (Å²) in [5.41, 5.74) is 0.0519. The first-order valence-electron chi connectivity index (χ1n) is 7.18. The maximum Gasteiger partial charge on any atom is 0.205 e. The molecule has 0 N–H and O–H groups in total. The lowest BCUT2D eigenvalue weighted by molar-refractivity contribution is 0.300. The van der Waals surface area contributed by atoms with Crippen LogP contribution < -0.4 is 4.90 Å². The van der Waals surface area contributed by atoms with E-state index in [-0.39, 0.29) is 5.41 Å². The van der Waals surface area contributed by atoms with Crippen LogP contribution in [-0.4, -0.2) is 47.5 Å². The summed E-state index contributed by atoms with van der Waals surface area (Å²) in [5.74, 6) is 1.74. The third kappa shape index (κ3) is 3.66. The van der Waals surface area contributed by atoms with Crippen molar-refractivity contribution in [1.29, 1.82) is 0 Å². The molecular weight excluding hydrogens is 256 g/mol. The fourth-order valence-electron chi connectivity index (χ4n) is 2.37. The van der Waals surface area contributed by atoms with E-state index in [4.69, 9.17) is 4.98 Å². The molecule has 1 saturated heterocycles. The van der Waals surface area contributed by atoms with Gasteiger partial charge >= 0.3 is 0 Å². The first-order chi connectivity index (χ1) is 8.90. The minimum atomic E-state index is 0.0519. The molecule has 0 aromatic carbocycles. The molecule has 0 spiro atoms. The number of nitrogens with zero attached hydrogens (tertiary/aromatic N) is 4. The molecule has 1 unspecified atom stereocenters. The summed E-state index contributed by atoms with van der Waals surface area (Å²) in [6.45, 7) is 13.3. The Labute approximate surface area is 121 Å². The average Bonchev–Trinajstić information content (AvgIpc) is 2.95. The number of hydrogen-bond donors (Lipinski definition) is 0. The molecule has 0 amide bonds. The van der Waals surface area contributed by atoms with E-state index in [1.165, 1.54) is 13.0 Å². The van der Waals surface area contributed by atoms with Crippen LogP contribution in [-0.2, 0) is 5.41 Å². The number of anilines is 1. The van der Waals surface area contributed by atoms with E-state index in [2.05, 4.69) is 48.9 Å². The molecule has 1 aromatic heterocycles. The molecule has 1 aromatic rings. The molecule has 4 nitrogen and oxygen atoms in total. The molecule has 0 aliphatic carbocycles. The first-order valence-corrected chi connectivity index (χ1v) is 7.95. The van der Waals surface area contributed by atoms with Crippen LogP contribution in [0.1, 0.15) is 39.9 Å². The minimum Gasteiger partial charge on any atom is -0.347 e. The lowest BCUT2D eigenvalue weighted by Gasteiger charge is -2.19. The van der Waals surface area contributed by atoms with Gasteiger partial charge in [0.2, 0.25) is 5.13 Å². The van der Waals surface area contributed by atoms with Crippen LogP contribution in [0.25, 0.3) is 0 Å². The lowest BCUT2D eigenvalue weighted by atomic mass is 9.96. The summed E-state index contributed by atoms with van der Waals surface area (Å²) in [6.07, 6.45) is 1.27. The molecular formula is C14H26N4S. The second-order valence-electron chi connectivity index (χ2n) is 6.61. The highest BCUT2D eigenvalue weighted by Gasteiger charge is 2.27. The minimum absolute atomic E-state index is 0.0519. The summed E-state index contributed by atoms with van der Waals surface area (Å²) in [7, 11) is 2.20. The van der Waals surface area contributed by atoms with E-state index in [0.29, 0.717) is 0 Å². The molecule has 1 atom stereocenters. The van der Waals surface area contributed by atoms with Crippen molar-refractivity contribution in [2.24, 2.45) is 5.92 Å². The summed E-state index contributed by atoms with van der Waals surface area (Å²) < 4.78 is 4.51. The van der Waals surface area contributed by atoms with Gasteiger partial charge in [0.1, 0.15) is 5.82 Å². The molecule has 2 rings (SSSR count). The van der Waals surface area contributed by atoms with E-state index in [0.717, 1.165) is 36.5 Å². The molecule has 5 heteroatoms. The quantitative estimate of drug-likeness (QED) is 0.850. The first kappa shape index (κ1) is 14.7. The Bertz CT molecular complexity index is 410. The molecule has 2 heterocycles. The van der Waals surface area contributed by atoms with E-state index < -0.39 is 0 Å². The zero-order valence-electron chi connectivity index (χ0n) is 12.8. The van der Waals surface area contributed by atoms with E-state index in [1.54, 1.807) is 11.5 Å².